The third-order valence-corrected chi connectivity index (χ3v) is 24.7. The number of aliphatic hydroxyl groups excluding tert-OH is 5. The van der Waals surface area contributed by atoms with Gasteiger partial charge in [0.15, 0.2) is 0 Å². The van der Waals surface area contributed by atoms with Crippen molar-refractivity contribution in [1.82, 2.24) is 0 Å². The van der Waals surface area contributed by atoms with E-state index < -0.39 is 108 Å². The van der Waals surface area contributed by atoms with Crippen LogP contribution in [-0.4, -0.2) is 253 Å². The highest BCUT2D eigenvalue weighted by molar-refractivity contribution is 9.09. The van der Waals surface area contributed by atoms with Gasteiger partial charge in [0.25, 0.3) is 40.5 Å². The maximum absolute atomic E-state index is 12.2. The average molecular weight is 1830 g/mol. The van der Waals surface area contributed by atoms with Gasteiger partial charge >= 0.3 is 5.97 Å². The molecule has 29 nitrogen and oxygen atoms in total. The van der Waals surface area contributed by atoms with Crippen molar-refractivity contribution in [2.75, 3.05) is 72.7 Å². The highest BCUT2D eigenvalue weighted by Gasteiger charge is 2.52. The molecule has 0 aromatic heterocycles. The Balaban J connectivity index is 0. The molecule has 5 aromatic carbocycles. The van der Waals surface area contributed by atoms with Crippen LogP contribution in [0.2, 0.25) is 0 Å². The van der Waals surface area contributed by atoms with Crippen LogP contribution >= 0.6 is 15.9 Å². The summed E-state index contributed by atoms with van der Waals surface area (Å²) in [7, 11) is -15.3. The Hall–Kier alpha value is -5.43. The second-order valence-corrected chi connectivity index (χ2v) is 34.5. The summed E-state index contributed by atoms with van der Waals surface area (Å²) in [6.45, 7) is 16.3. The quantitative estimate of drug-likeness (QED) is 0.0235. The summed E-state index contributed by atoms with van der Waals surface area (Å²) in [6.07, 6.45) is 0.0604. The lowest BCUT2D eigenvalue weighted by Gasteiger charge is -2.20. The zero-order valence-corrected chi connectivity index (χ0v) is 66.1. The van der Waals surface area contributed by atoms with E-state index in [-0.39, 0.29) is 199 Å². The van der Waals surface area contributed by atoms with Crippen molar-refractivity contribution in [3.05, 3.63) is 180 Å². The number of ether oxygens (including phenoxy) is 11. The van der Waals surface area contributed by atoms with Gasteiger partial charge in [-0.05, 0) is 88.2 Å². The molecule has 5 aromatic rings. The molecule has 0 bridgehead atoms. The summed E-state index contributed by atoms with van der Waals surface area (Å²) in [4.78, 5) is 11.0. The van der Waals surface area contributed by atoms with Gasteiger partial charge in [-0.25, -0.2) is 0 Å². The van der Waals surface area contributed by atoms with Crippen LogP contribution in [0.1, 0.15) is 129 Å². The van der Waals surface area contributed by atoms with Gasteiger partial charge in [-0.3, -0.25) is 21.5 Å². The Morgan fingerprint density at radius 2 is 0.748 bits per heavy atom. The van der Waals surface area contributed by atoms with E-state index in [1.807, 2.05) is 84.0 Å². The zero-order chi connectivity index (χ0) is 78.8. The van der Waals surface area contributed by atoms with Crippen molar-refractivity contribution in [3.8, 4) is 0 Å². The maximum Gasteiger partial charge on any atom is 0.302 e. The zero-order valence-electron chi connectivity index (χ0n) is 61.2. The molecule has 0 saturated carbocycles. The number of carbonyl (C=O) groups excluding carboxylic acids is 1. The first kappa shape index (κ1) is 116. The standard InChI is InChI=1S/C14H18O5S.C13H15BrO5S.C13H16O6S.C13H16O5S.C9H10O2.C7H12O2.C6H10O4.10CH4/c1-9-3-5-11(6-4-9)20(15,16)19-12-8-18-13-10(2)7-17-14(12)13;2*1-8-2-4-9(5-3-8)20(15,16)19-11-7-18-12-10(14)6-17-13(11)12;1-10-4-6-11(7-5-10)19(15,16)18-13(9-14)12-3-2-8-17-12;1-8(10)11-7-9-5-3-2-4-6-9;1-2-6(8)7-4-3-5-9-7;7-3-1-9-6-4(8)2-10-5(3)6;;;;;;;;;;/h3-6,10,12-14H,7-8H2,1-2H3;2-5,10-13H,6-7H2,1H3;2-5,10-14H,6-7H2,1H3;2-7,12-14H,8-9H2,1H3;2-6H,7H2,1H3;3-4,6-8H,2,5H2,1H3;3-8H,1-2H2;10*1H4/t10-,12-,13-,14-;10-,11+,12+,13+;10-,11-,12-,13-;12-,13+;;6-,7-;3-,4-,5-,6-;;;;;;;;;;/m1010.01........../s1. The van der Waals surface area contributed by atoms with Crippen molar-refractivity contribution < 1.29 is 133 Å². The molecular formula is C85H137BrO29S4. The highest BCUT2D eigenvalue weighted by atomic mass is 79.9. The number of rotatable bonds is 18. The van der Waals surface area contributed by atoms with Crippen molar-refractivity contribution in [3.63, 3.8) is 0 Å². The molecule has 10 aliphatic heterocycles. The fraction of sp³-hybridized carbons (Fsp3) is 0.588. The Labute approximate surface area is 718 Å². The van der Waals surface area contributed by atoms with Gasteiger partial charge < -0.3 is 77.6 Å². The monoisotopic (exact) mass is 1830 g/mol. The SMILES string of the molecule is C.C.C.C.C.C.C.C.C.C.CC(=O)OCc1ccccc1.CC[C@H](O)[C@@H]1C=CCO1.Cc1ccc(S(=O)(=O)O[C@@H]2CO[C@H]3[C@@H]2OC[C@@H]3Br)cc1.Cc1ccc(S(=O)(=O)O[C@@H]2CO[C@H]3[C@@H]2OC[C@H]3C)cc1.Cc1ccc(S(=O)(=O)O[C@@H]2CO[C@H]3[C@@H]2OC[C@H]3O)cc1.Cc1ccc(S(=O)(=O)O[C@H](CO)[C@@H]2C=CCO2)cc1.O[C@@H]1CO[C@H]2[C@@H]1OC[C@H]2O. The van der Waals surface area contributed by atoms with E-state index in [4.69, 9.17) is 79.1 Å². The third kappa shape index (κ3) is 32.6. The molecule has 0 unspecified atom stereocenters. The molecule has 10 aliphatic rings. The lowest BCUT2D eigenvalue weighted by Crippen LogP contribution is -2.34. The van der Waals surface area contributed by atoms with Gasteiger partial charge in [-0.1, -0.05) is 229 Å². The fourth-order valence-electron chi connectivity index (χ4n) is 12.4. The first-order valence-corrected chi connectivity index (χ1v) is 42.0. The lowest BCUT2D eigenvalue weighted by molar-refractivity contribution is -0.142. The molecule has 0 amide bonds. The number of alkyl halides is 1. The van der Waals surface area contributed by atoms with E-state index in [0.717, 1.165) is 34.2 Å². The van der Waals surface area contributed by atoms with Gasteiger partial charge in [-0.2, -0.15) is 33.7 Å². The number of benzene rings is 5. The molecular weight excluding hydrogens is 1690 g/mol. The Morgan fingerprint density at radius 3 is 1.12 bits per heavy atom. The Kier molecular flexibility index (Phi) is 52.2. The molecule has 8 saturated heterocycles. The number of hydrogen-bond acceptors (Lipinski definition) is 29. The van der Waals surface area contributed by atoms with Crippen LogP contribution in [0.5, 0.6) is 0 Å². The number of aryl methyl sites for hydroxylation is 4. The van der Waals surface area contributed by atoms with Crippen LogP contribution in [-0.2, 0) is 121 Å². The number of carbonyl (C=O) groups is 1. The first-order valence-electron chi connectivity index (χ1n) is 35.5. The molecule has 5 N–H and O–H groups in total. The Morgan fingerprint density at radius 1 is 0.429 bits per heavy atom. The number of fused-ring (bicyclic) bond motifs is 4. The van der Waals surface area contributed by atoms with Crippen LogP contribution < -0.4 is 0 Å². The number of esters is 1. The van der Waals surface area contributed by atoms with E-state index in [1.165, 1.54) is 31.2 Å². The van der Waals surface area contributed by atoms with Gasteiger partial charge in [0.2, 0.25) is 0 Å². The van der Waals surface area contributed by atoms with Gasteiger partial charge in [0, 0.05) is 12.8 Å². The van der Waals surface area contributed by atoms with E-state index in [2.05, 4.69) is 15.9 Å². The molecule has 34 heteroatoms. The normalized spacial score (nSPS) is 27.6. The van der Waals surface area contributed by atoms with Crippen LogP contribution in [0.25, 0.3) is 0 Å². The highest BCUT2D eigenvalue weighted by Crippen LogP contribution is 2.37. The number of hydrogen-bond donors (Lipinski definition) is 5. The predicted octanol–water partition coefficient (Wildman–Crippen LogP) is 11.7. The second kappa shape index (κ2) is 53.7. The molecule has 15 rings (SSSR count). The fourth-order valence-corrected chi connectivity index (χ4v) is 17.3. The lowest BCUT2D eigenvalue weighted by atomic mass is 10.0. The topological polar surface area (TPSA) is 393 Å². The minimum Gasteiger partial charge on any atom is -0.461 e. The van der Waals surface area contributed by atoms with Crippen LogP contribution in [0, 0.1) is 33.6 Å². The third-order valence-electron chi connectivity index (χ3n) is 18.5. The molecule has 0 aliphatic carbocycles. The maximum atomic E-state index is 12.2. The predicted molar refractivity (Wildman–Crippen MR) is 461 cm³/mol. The van der Waals surface area contributed by atoms with Crippen molar-refractivity contribution in [2.45, 2.75) is 270 Å². The second-order valence-electron chi connectivity index (χ2n) is 27.1. The molecule has 682 valence electrons. The molecule has 119 heavy (non-hydrogen) atoms. The van der Waals surface area contributed by atoms with Crippen LogP contribution in [0.15, 0.2) is 171 Å². The summed E-state index contributed by atoms with van der Waals surface area (Å²) in [6, 6.07) is 35.5. The minimum absolute atomic E-state index is 0. The summed E-state index contributed by atoms with van der Waals surface area (Å²) >= 11 is 3.45. The summed E-state index contributed by atoms with van der Waals surface area (Å²) in [5.74, 6) is 0.0320. The number of aliphatic hydroxyl groups is 5. The average Bonchev–Trinajstić information content (AvgIpc) is 1.67. The smallest absolute Gasteiger partial charge is 0.302 e. The molecule has 20 atom stereocenters. The number of halogens is 1. The summed E-state index contributed by atoms with van der Waals surface area (Å²) in [5.41, 5.74) is 4.94. The molecule has 0 spiro atoms. The first-order chi connectivity index (χ1) is 51.9. The molecule has 8 fully saturated rings. The van der Waals surface area contributed by atoms with E-state index in [1.54, 1.807) is 84.9 Å². The van der Waals surface area contributed by atoms with Crippen LogP contribution in [0.3, 0.4) is 0 Å². The van der Waals surface area contributed by atoms with Crippen molar-refractivity contribution in [2.24, 2.45) is 5.92 Å². The van der Waals surface area contributed by atoms with Crippen LogP contribution in [0.4, 0.5) is 0 Å². The molecule has 10 heterocycles. The molecule has 0 radical (unpaired) electrons. The van der Waals surface area contributed by atoms with Crippen molar-refractivity contribution >= 4 is 62.4 Å². The van der Waals surface area contributed by atoms with E-state index in [9.17, 15) is 53.8 Å². The summed E-state index contributed by atoms with van der Waals surface area (Å²) in [5, 5.41) is 46.3. The summed E-state index contributed by atoms with van der Waals surface area (Å²) < 4.78 is 176. The van der Waals surface area contributed by atoms with Gasteiger partial charge in [0.05, 0.1) is 109 Å². The van der Waals surface area contributed by atoms with E-state index in [0.29, 0.717) is 33.0 Å². The largest absolute Gasteiger partial charge is 0.461 e. The minimum atomic E-state index is -3.90. The van der Waals surface area contributed by atoms with Gasteiger partial charge in [0.1, 0.15) is 104 Å². The van der Waals surface area contributed by atoms with Gasteiger partial charge in [-0.15, -0.1) is 0 Å². The van der Waals surface area contributed by atoms with E-state index >= 15 is 0 Å². The van der Waals surface area contributed by atoms with Crippen molar-refractivity contribution in [1.29, 1.82) is 0 Å². The Bertz CT molecular complexity index is 3930.